The van der Waals surface area contributed by atoms with E-state index in [1.165, 1.54) is 21.8 Å². The lowest BCUT2D eigenvalue weighted by Gasteiger charge is -2.13. The summed E-state index contributed by atoms with van der Waals surface area (Å²) in [7, 11) is 0. The zero-order chi connectivity index (χ0) is 34.2. The molecule has 0 aliphatic rings. The van der Waals surface area contributed by atoms with Crippen LogP contribution in [0.15, 0.2) is 180 Å². The number of furan rings is 1. The van der Waals surface area contributed by atoms with Crippen LogP contribution in [0.2, 0.25) is 0 Å². The van der Waals surface area contributed by atoms with Crippen molar-refractivity contribution in [2.24, 2.45) is 0 Å². The molecule has 4 nitrogen and oxygen atoms in total. The fourth-order valence-corrected chi connectivity index (χ4v) is 8.05. The number of hydrogen-bond acceptors (Lipinski definition) is 3. The summed E-state index contributed by atoms with van der Waals surface area (Å²) >= 11 is 0. The summed E-state index contributed by atoms with van der Waals surface area (Å²) in [5.41, 5.74) is 13.3. The maximum atomic E-state index is 6.85. The van der Waals surface area contributed by atoms with E-state index < -0.39 is 0 Å². The predicted molar refractivity (Wildman–Crippen MR) is 215 cm³/mol. The number of fused-ring (bicyclic) bond motifs is 9. The van der Waals surface area contributed by atoms with Gasteiger partial charge in [0.15, 0.2) is 0 Å². The van der Waals surface area contributed by atoms with E-state index in [1.54, 1.807) is 0 Å². The molecule has 0 saturated carbocycles. The van der Waals surface area contributed by atoms with E-state index in [4.69, 9.17) is 14.4 Å². The van der Waals surface area contributed by atoms with Crippen molar-refractivity contribution in [3.8, 4) is 39.2 Å². The Bertz CT molecular complexity index is 3120. The molecule has 0 N–H and O–H groups in total. The van der Waals surface area contributed by atoms with Gasteiger partial charge in [-0.15, -0.1) is 0 Å². The molecule has 0 bridgehead atoms. The van der Waals surface area contributed by atoms with Crippen LogP contribution >= 0.6 is 0 Å². The van der Waals surface area contributed by atoms with Gasteiger partial charge in [0.25, 0.3) is 0 Å². The minimum atomic E-state index is 0.846. The molecular formula is C48H29N3O. The Morgan fingerprint density at radius 3 is 1.88 bits per heavy atom. The van der Waals surface area contributed by atoms with Gasteiger partial charge in [-0.25, -0.2) is 4.98 Å². The third kappa shape index (κ3) is 4.34. The second-order valence-corrected chi connectivity index (χ2v) is 13.4. The summed E-state index contributed by atoms with van der Waals surface area (Å²) < 4.78 is 9.18. The number of para-hydroxylation sites is 2. The topological polar surface area (TPSA) is 43.9 Å². The Morgan fingerprint density at radius 1 is 0.442 bits per heavy atom. The monoisotopic (exact) mass is 663 g/mol. The quantitative estimate of drug-likeness (QED) is 0.176. The maximum absolute atomic E-state index is 6.85. The fraction of sp³-hybridized carbons (Fsp3) is 0. The lowest BCUT2D eigenvalue weighted by atomic mass is 9.92. The van der Waals surface area contributed by atoms with Gasteiger partial charge >= 0.3 is 0 Å². The van der Waals surface area contributed by atoms with Crippen molar-refractivity contribution in [3.63, 3.8) is 0 Å². The van der Waals surface area contributed by atoms with E-state index >= 15 is 0 Å². The molecule has 4 heteroatoms. The van der Waals surface area contributed by atoms with Crippen molar-refractivity contribution in [1.29, 1.82) is 0 Å². The third-order valence-corrected chi connectivity index (χ3v) is 10.4. The van der Waals surface area contributed by atoms with Gasteiger partial charge < -0.3 is 8.98 Å². The maximum Gasteiger partial charge on any atom is 0.137 e. The first-order valence-electron chi connectivity index (χ1n) is 17.6. The molecule has 242 valence electrons. The first-order chi connectivity index (χ1) is 25.8. The van der Waals surface area contributed by atoms with Gasteiger partial charge in [-0.2, -0.15) is 0 Å². The number of rotatable bonds is 4. The highest BCUT2D eigenvalue weighted by molar-refractivity contribution is 6.18. The normalized spacial score (nSPS) is 11.8. The smallest absolute Gasteiger partial charge is 0.137 e. The van der Waals surface area contributed by atoms with E-state index in [9.17, 15) is 0 Å². The van der Waals surface area contributed by atoms with Crippen LogP contribution in [0.5, 0.6) is 0 Å². The van der Waals surface area contributed by atoms with Crippen molar-refractivity contribution >= 4 is 65.6 Å². The molecule has 4 aromatic heterocycles. The van der Waals surface area contributed by atoms with Gasteiger partial charge in [-0.1, -0.05) is 115 Å². The lowest BCUT2D eigenvalue weighted by molar-refractivity contribution is 0.669. The molecule has 0 saturated heterocycles. The molecule has 52 heavy (non-hydrogen) atoms. The van der Waals surface area contributed by atoms with Crippen LogP contribution in [0.25, 0.3) is 105 Å². The van der Waals surface area contributed by atoms with E-state index in [1.807, 2.05) is 24.4 Å². The molecule has 11 aromatic rings. The molecule has 0 radical (unpaired) electrons. The number of pyridine rings is 2. The Morgan fingerprint density at radius 2 is 1.12 bits per heavy atom. The van der Waals surface area contributed by atoms with E-state index in [2.05, 4.69) is 156 Å². The first-order valence-corrected chi connectivity index (χ1v) is 17.6. The molecule has 0 unspecified atom stereocenters. The summed E-state index contributed by atoms with van der Waals surface area (Å²) in [5.74, 6) is 0. The number of nitrogens with zero attached hydrogens (tertiary/aromatic N) is 3. The highest BCUT2D eigenvalue weighted by atomic mass is 16.3. The van der Waals surface area contributed by atoms with Gasteiger partial charge in [0.2, 0.25) is 0 Å². The van der Waals surface area contributed by atoms with Crippen LogP contribution in [-0.4, -0.2) is 14.5 Å². The standard InChI is InChI=1S/C48H29N3O/c1-3-11-30(12-4-1)33-27-40(35-25-26-49-48-38(35)22-19-32-20-24-41(50-47(32)48)31-13-5-2-6-14-31)46-39-23-21-34(29-44(39)52-45(46)28-33)51-42-17-9-7-15-36(42)37-16-8-10-18-43(37)51/h1-29H. The van der Waals surface area contributed by atoms with Gasteiger partial charge in [-0.05, 0) is 70.8 Å². The van der Waals surface area contributed by atoms with Crippen molar-refractivity contribution in [1.82, 2.24) is 14.5 Å². The average Bonchev–Trinajstić information content (AvgIpc) is 3.76. The Kier molecular flexibility index (Phi) is 6.22. The molecule has 7 aromatic carbocycles. The largest absolute Gasteiger partial charge is 0.456 e. The number of aromatic nitrogens is 3. The molecule has 0 fully saturated rings. The number of benzene rings is 7. The third-order valence-electron chi connectivity index (χ3n) is 10.4. The minimum Gasteiger partial charge on any atom is -0.456 e. The van der Waals surface area contributed by atoms with Crippen LogP contribution in [0, 0.1) is 0 Å². The van der Waals surface area contributed by atoms with E-state index in [0.29, 0.717) is 0 Å². The minimum absolute atomic E-state index is 0.846. The Balaban J connectivity index is 1.17. The Hall–Kier alpha value is -7.04. The number of hydrogen-bond donors (Lipinski definition) is 0. The predicted octanol–water partition coefficient (Wildman–Crippen LogP) is 12.8. The molecule has 11 rings (SSSR count). The second kappa shape index (κ2) is 11.2. The van der Waals surface area contributed by atoms with Crippen LogP contribution < -0.4 is 0 Å². The van der Waals surface area contributed by atoms with Crippen LogP contribution in [0.3, 0.4) is 0 Å². The SMILES string of the molecule is c1ccc(-c2cc(-c3ccnc4c3ccc3ccc(-c5ccccc5)nc34)c3c(c2)oc2cc(-n4c5ccccc5c5ccccc54)ccc23)cc1. The zero-order valence-electron chi connectivity index (χ0n) is 28.0. The fourth-order valence-electron chi connectivity index (χ4n) is 8.05. The van der Waals surface area contributed by atoms with E-state index in [-0.39, 0.29) is 0 Å². The summed E-state index contributed by atoms with van der Waals surface area (Å²) in [5, 5.41) is 6.74. The summed E-state index contributed by atoms with van der Waals surface area (Å²) in [4.78, 5) is 10.1. The average molecular weight is 664 g/mol. The van der Waals surface area contributed by atoms with Crippen LogP contribution in [0.4, 0.5) is 0 Å². The highest BCUT2D eigenvalue weighted by Gasteiger charge is 2.20. The van der Waals surface area contributed by atoms with Gasteiger partial charge in [-0.3, -0.25) is 4.98 Å². The second-order valence-electron chi connectivity index (χ2n) is 13.4. The first kappa shape index (κ1) is 28.8. The molecule has 4 heterocycles. The summed E-state index contributed by atoms with van der Waals surface area (Å²) in [6.45, 7) is 0. The molecule has 0 spiro atoms. The zero-order valence-corrected chi connectivity index (χ0v) is 28.0. The van der Waals surface area contributed by atoms with Crippen molar-refractivity contribution < 1.29 is 4.42 Å². The van der Waals surface area contributed by atoms with Crippen LogP contribution in [-0.2, 0) is 0 Å². The molecule has 0 aliphatic heterocycles. The van der Waals surface area contributed by atoms with Crippen molar-refractivity contribution in [3.05, 3.63) is 176 Å². The van der Waals surface area contributed by atoms with Crippen molar-refractivity contribution in [2.75, 3.05) is 0 Å². The molecular weight excluding hydrogens is 635 g/mol. The summed E-state index contributed by atoms with van der Waals surface area (Å²) in [6.07, 6.45) is 1.91. The lowest BCUT2D eigenvalue weighted by Crippen LogP contribution is -1.93. The molecule has 0 aliphatic carbocycles. The van der Waals surface area contributed by atoms with Gasteiger partial charge in [0, 0.05) is 55.8 Å². The van der Waals surface area contributed by atoms with E-state index in [0.717, 1.165) is 82.9 Å². The molecule has 0 atom stereocenters. The van der Waals surface area contributed by atoms with Gasteiger partial charge in [0.1, 0.15) is 11.2 Å². The molecule has 0 amide bonds. The van der Waals surface area contributed by atoms with Crippen LogP contribution in [0.1, 0.15) is 0 Å². The van der Waals surface area contributed by atoms with Gasteiger partial charge in [0.05, 0.1) is 27.8 Å². The Labute approximate surface area is 298 Å². The highest BCUT2D eigenvalue weighted by Crippen LogP contribution is 2.43. The van der Waals surface area contributed by atoms with Crippen molar-refractivity contribution in [2.45, 2.75) is 0 Å². The summed E-state index contributed by atoms with van der Waals surface area (Å²) in [6, 6.07) is 59.9.